The highest BCUT2D eigenvalue weighted by atomic mass is 16.5. The summed E-state index contributed by atoms with van der Waals surface area (Å²) in [5.74, 6) is -0.249. The molecule has 0 radical (unpaired) electrons. The van der Waals surface area contributed by atoms with Crippen LogP contribution in [0.1, 0.15) is 10.4 Å². The molecule has 4 rings (SSSR count). The molecule has 0 amide bonds. The molecule has 0 N–H and O–H groups in total. The minimum absolute atomic E-state index is 0.249. The van der Waals surface area contributed by atoms with Gasteiger partial charge in [-0.2, -0.15) is 0 Å². The highest BCUT2D eigenvalue weighted by molar-refractivity contribution is 6.16. The van der Waals surface area contributed by atoms with E-state index >= 15 is 0 Å². The number of hydrogen-bond acceptors (Lipinski definition) is 4. The Hall–Kier alpha value is -2.43. The number of fused-ring (bicyclic) bond motifs is 2. The molecule has 1 fully saturated rings. The summed E-state index contributed by atoms with van der Waals surface area (Å²) in [6.45, 7) is 4.45. The molecule has 4 heteroatoms. The van der Waals surface area contributed by atoms with Crippen LogP contribution in [-0.4, -0.2) is 50.3 Å². The van der Waals surface area contributed by atoms with E-state index in [1.165, 1.54) is 0 Å². The van der Waals surface area contributed by atoms with Gasteiger partial charge in [-0.1, -0.05) is 48.5 Å². The van der Waals surface area contributed by atoms with Crippen molar-refractivity contribution in [3.05, 3.63) is 60.2 Å². The summed E-state index contributed by atoms with van der Waals surface area (Å²) >= 11 is 0. The summed E-state index contributed by atoms with van der Waals surface area (Å²) in [5.41, 5.74) is 0.663. The lowest BCUT2D eigenvalue weighted by atomic mass is 9.97. The van der Waals surface area contributed by atoms with Crippen molar-refractivity contribution >= 4 is 27.5 Å². The Kier molecular flexibility index (Phi) is 4.63. The van der Waals surface area contributed by atoms with Crippen LogP contribution in [0, 0.1) is 0 Å². The monoisotopic (exact) mass is 335 g/mol. The van der Waals surface area contributed by atoms with Crippen LogP contribution in [0.5, 0.6) is 0 Å². The second-order valence-corrected chi connectivity index (χ2v) is 6.28. The quantitative estimate of drug-likeness (QED) is 0.540. The highest BCUT2D eigenvalue weighted by Crippen LogP contribution is 2.29. The van der Waals surface area contributed by atoms with Crippen LogP contribution in [0.15, 0.2) is 54.6 Å². The number of hydrogen-bond donors (Lipinski definition) is 0. The molecule has 3 aromatic carbocycles. The number of carbonyl (C=O) groups excluding carboxylic acids is 1. The maximum atomic E-state index is 12.8. The van der Waals surface area contributed by atoms with E-state index in [0.717, 1.165) is 54.4 Å². The average molecular weight is 335 g/mol. The maximum absolute atomic E-state index is 12.8. The number of rotatable bonds is 4. The van der Waals surface area contributed by atoms with Gasteiger partial charge in [0, 0.05) is 19.6 Å². The first-order valence-corrected chi connectivity index (χ1v) is 8.71. The van der Waals surface area contributed by atoms with E-state index in [1.807, 2.05) is 48.5 Å². The SMILES string of the molecule is O=C(OCCN1CCOCC1)c1c2ccccc2cc2ccccc12. The normalized spacial score (nSPS) is 15.5. The third kappa shape index (κ3) is 3.36. The summed E-state index contributed by atoms with van der Waals surface area (Å²) in [6.07, 6.45) is 0. The molecule has 0 spiro atoms. The second-order valence-electron chi connectivity index (χ2n) is 6.28. The van der Waals surface area contributed by atoms with E-state index in [-0.39, 0.29) is 5.97 Å². The van der Waals surface area contributed by atoms with Gasteiger partial charge in [-0.25, -0.2) is 4.79 Å². The molecule has 1 saturated heterocycles. The van der Waals surface area contributed by atoms with Crippen LogP contribution in [0.25, 0.3) is 21.5 Å². The lowest BCUT2D eigenvalue weighted by Gasteiger charge is -2.26. The van der Waals surface area contributed by atoms with Crippen molar-refractivity contribution in [3.8, 4) is 0 Å². The van der Waals surface area contributed by atoms with Gasteiger partial charge >= 0.3 is 5.97 Å². The third-order valence-corrected chi connectivity index (χ3v) is 4.72. The zero-order chi connectivity index (χ0) is 17.1. The van der Waals surface area contributed by atoms with Crippen LogP contribution < -0.4 is 0 Å². The molecule has 3 aromatic rings. The number of ether oxygens (including phenoxy) is 2. The van der Waals surface area contributed by atoms with Gasteiger partial charge in [0.05, 0.1) is 18.8 Å². The first kappa shape index (κ1) is 16.1. The summed E-state index contributed by atoms with van der Waals surface area (Å²) in [7, 11) is 0. The minimum Gasteiger partial charge on any atom is -0.461 e. The fraction of sp³-hybridized carbons (Fsp3) is 0.286. The van der Waals surface area contributed by atoms with Crippen LogP contribution in [0.3, 0.4) is 0 Å². The van der Waals surface area contributed by atoms with Gasteiger partial charge in [-0.3, -0.25) is 4.90 Å². The van der Waals surface area contributed by atoms with Gasteiger partial charge in [0.2, 0.25) is 0 Å². The van der Waals surface area contributed by atoms with Crippen LogP contribution in [-0.2, 0) is 9.47 Å². The van der Waals surface area contributed by atoms with E-state index in [2.05, 4.69) is 11.0 Å². The van der Waals surface area contributed by atoms with Crippen molar-refractivity contribution in [1.29, 1.82) is 0 Å². The van der Waals surface area contributed by atoms with Crippen molar-refractivity contribution in [2.75, 3.05) is 39.5 Å². The van der Waals surface area contributed by atoms with Gasteiger partial charge in [0.1, 0.15) is 6.61 Å². The van der Waals surface area contributed by atoms with Gasteiger partial charge in [0.25, 0.3) is 0 Å². The molecular formula is C21H21NO3. The minimum atomic E-state index is -0.249. The van der Waals surface area contributed by atoms with Crippen molar-refractivity contribution in [2.45, 2.75) is 0 Å². The van der Waals surface area contributed by atoms with E-state index in [4.69, 9.17) is 9.47 Å². The molecule has 1 aliphatic heterocycles. The summed E-state index contributed by atoms with van der Waals surface area (Å²) in [4.78, 5) is 15.1. The fourth-order valence-electron chi connectivity index (χ4n) is 3.40. The molecule has 0 unspecified atom stereocenters. The number of nitrogens with zero attached hydrogens (tertiary/aromatic N) is 1. The summed E-state index contributed by atoms with van der Waals surface area (Å²) < 4.78 is 11.0. The van der Waals surface area contributed by atoms with E-state index in [1.54, 1.807) is 0 Å². The van der Waals surface area contributed by atoms with Crippen molar-refractivity contribution < 1.29 is 14.3 Å². The molecule has 0 atom stereocenters. The molecule has 1 heterocycles. The lowest BCUT2D eigenvalue weighted by molar-refractivity contribution is 0.0197. The molecule has 0 bridgehead atoms. The van der Waals surface area contributed by atoms with Crippen molar-refractivity contribution in [2.24, 2.45) is 0 Å². The molecule has 0 saturated carbocycles. The van der Waals surface area contributed by atoms with Gasteiger partial charge < -0.3 is 9.47 Å². The number of morpholine rings is 1. The van der Waals surface area contributed by atoms with Crippen molar-refractivity contribution in [1.82, 2.24) is 4.90 Å². The van der Waals surface area contributed by atoms with E-state index < -0.39 is 0 Å². The Morgan fingerprint density at radius 2 is 1.56 bits per heavy atom. The van der Waals surface area contributed by atoms with Crippen LogP contribution in [0.2, 0.25) is 0 Å². The topological polar surface area (TPSA) is 38.8 Å². The van der Waals surface area contributed by atoms with E-state index in [0.29, 0.717) is 12.2 Å². The Morgan fingerprint density at radius 3 is 2.20 bits per heavy atom. The molecule has 4 nitrogen and oxygen atoms in total. The zero-order valence-electron chi connectivity index (χ0n) is 14.1. The third-order valence-electron chi connectivity index (χ3n) is 4.72. The largest absolute Gasteiger partial charge is 0.461 e. The summed E-state index contributed by atoms with van der Waals surface area (Å²) in [6, 6.07) is 18.1. The highest BCUT2D eigenvalue weighted by Gasteiger charge is 2.17. The van der Waals surface area contributed by atoms with Crippen molar-refractivity contribution in [3.63, 3.8) is 0 Å². The first-order chi connectivity index (χ1) is 12.3. The summed E-state index contributed by atoms with van der Waals surface area (Å²) in [5, 5.41) is 4.00. The van der Waals surface area contributed by atoms with E-state index in [9.17, 15) is 4.79 Å². The van der Waals surface area contributed by atoms with Gasteiger partial charge in [-0.05, 0) is 27.6 Å². The number of esters is 1. The second kappa shape index (κ2) is 7.21. The Balaban J connectivity index is 1.60. The predicted molar refractivity (Wildman–Crippen MR) is 99.0 cm³/mol. The standard InChI is InChI=1S/C21H21NO3/c23-21(25-14-11-22-9-12-24-13-10-22)20-18-7-3-1-5-16(18)15-17-6-2-4-8-19(17)20/h1-8,15H,9-14H2. The smallest absolute Gasteiger partial charge is 0.339 e. The first-order valence-electron chi connectivity index (χ1n) is 8.71. The number of benzene rings is 3. The zero-order valence-corrected chi connectivity index (χ0v) is 14.1. The Morgan fingerprint density at radius 1 is 0.960 bits per heavy atom. The molecule has 128 valence electrons. The molecule has 1 aliphatic rings. The van der Waals surface area contributed by atoms with Crippen LogP contribution in [0.4, 0.5) is 0 Å². The van der Waals surface area contributed by atoms with Gasteiger partial charge in [0.15, 0.2) is 0 Å². The maximum Gasteiger partial charge on any atom is 0.339 e. The molecule has 0 aromatic heterocycles. The lowest BCUT2D eigenvalue weighted by Crippen LogP contribution is -2.38. The predicted octanol–water partition coefficient (Wildman–Crippen LogP) is 3.48. The molecule has 25 heavy (non-hydrogen) atoms. The molecule has 0 aliphatic carbocycles. The Labute approximate surface area is 146 Å². The fourth-order valence-corrected chi connectivity index (χ4v) is 3.40. The van der Waals surface area contributed by atoms with Gasteiger partial charge in [-0.15, -0.1) is 0 Å². The van der Waals surface area contributed by atoms with Crippen LogP contribution >= 0.6 is 0 Å². The number of carbonyl (C=O) groups is 1. The Bertz CT molecular complexity index is 846. The average Bonchev–Trinajstić information content (AvgIpc) is 2.66. The molecular weight excluding hydrogens is 314 g/mol.